The van der Waals surface area contributed by atoms with E-state index in [1.807, 2.05) is 48.3 Å². The second kappa shape index (κ2) is 7.67. The zero-order valence-electron chi connectivity index (χ0n) is 18.1. The number of aromatic hydroxyl groups is 2. The van der Waals surface area contributed by atoms with E-state index in [9.17, 15) is 10.2 Å². The van der Waals surface area contributed by atoms with Crippen LogP contribution in [0.25, 0.3) is 0 Å². The number of phenols is 2. The molecule has 0 radical (unpaired) electrons. The minimum atomic E-state index is -0.593. The lowest BCUT2D eigenvalue weighted by Gasteiger charge is -2.38. The van der Waals surface area contributed by atoms with Gasteiger partial charge in [-0.3, -0.25) is 0 Å². The van der Waals surface area contributed by atoms with Gasteiger partial charge in [-0.2, -0.15) is 5.10 Å². The number of para-hydroxylation sites is 1. The first-order chi connectivity index (χ1) is 15.5. The van der Waals surface area contributed by atoms with Gasteiger partial charge in [-0.15, -0.1) is 0 Å². The third-order valence-corrected chi connectivity index (χ3v) is 5.95. The quantitative estimate of drug-likeness (QED) is 0.624. The van der Waals surface area contributed by atoms with Crippen molar-refractivity contribution >= 4 is 5.71 Å². The van der Waals surface area contributed by atoms with Crippen LogP contribution in [0.5, 0.6) is 28.7 Å². The van der Waals surface area contributed by atoms with E-state index in [1.54, 1.807) is 25.3 Å². The standard InChI is InChI=1S/C25H24N2O5/c1-14-7-9-20(28)17(11-14)18-13-19-16-5-4-6-23(31-3)24(16)32-25(27(19)26-18)15-8-10-22(30-2)21(29)12-15/h4-12,19,25,28-29H,13H2,1-3H3/t19-,25-/m0/s1. The molecule has 164 valence electrons. The Morgan fingerprint density at radius 3 is 2.53 bits per heavy atom. The number of rotatable bonds is 4. The van der Waals surface area contributed by atoms with Crippen molar-refractivity contribution in [3.05, 3.63) is 76.9 Å². The molecular weight excluding hydrogens is 408 g/mol. The van der Waals surface area contributed by atoms with E-state index in [0.717, 1.165) is 22.4 Å². The van der Waals surface area contributed by atoms with Crippen molar-refractivity contribution in [2.45, 2.75) is 25.6 Å². The van der Waals surface area contributed by atoms with Crippen LogP contribution in [-0.4, -0.2) is 35.2 Å². The molecule has 32 heavy (non-hydrogen) atoms. The third-order valence-electron chi connectivity index (χ3n) is 5.95. The first-order valence-corrected chi connectivity index (χ1v) is 10.4. The minimum absolute atomic E-state index is 0.0238. The van der Waals surface area contributed by atoms with Gasteiger partial charge in [0.05, 0.1) is 26.0 Å². The molecule has 0 fully saturated rings. The lowest BCUT2D eigenvalue weighted by molar-refractivity contribution is -0.0210. The predicted octanol–water partition coefficient (Wildman–Crippen LogP) is 4.67. The van der Waals surface area contributed by atoms with Crippen LogP contribution in [0.2, 0.25) is 0 Å². The van der Waals surface area contributed by atoms with E-state index in [1.165, 1.54) is 7.11 Å². The topological polar surface area (TPSA) is 83.8 Å². The number of methoxy groups -OCH3 is 2. The van der Waals surface area contributed by atoms with Crippen LogP contribution in [0.3, 0.4) is 0 Å². The van der Waals surface area contributed by atoms with Gasteiger partial charge >= 0.3 is 0 Å². The molecule has 2 aliphatic heterocycles. The van der Waals surface area contributed by atoms with Gasteiger partial charge in [0, 0.05) is 23.1 Å². The Morgan fingerprint density at radius 1 is 0.969 bits per heavy atom. The Kier molecular flexibility index (Phi) is 4.81. The van der Waals surface area contributed by atoms with Crippen LogP contribution < -0.4 is 14.2 Å². The SMILES string of the molecule is COc1ccc([C@@H]2Oc3c(OC)cccc3[C@@H]3CC(c4cc(C)ccc4O)=NN32)cc1O. The fourth-order valence-corrected chi connectivity index (χ4v) is 4.37. The monoisotopic (exact) mass is 432 g/mol. The average molecular weight is 432 g/mol. The maximum atomic E-state index is 10.5. The zero-order chi connectivity index (χ0) is 22.4. The first-order valence-electron chi connectivity index (χ1n) is 10.4. The second-order valence-corrected chi connectivity index (χ2v) is 7.95. The smallest absolute Gasteiger partial charge is 0.214 e. The molecule has 2 atom stereocenters. The number of benzene rings is 3. The van der Waals surface area contributed by atoms with Crippen LogP contribution in [0.15, 0.2) is 59.7 Å². The number of fused-ring (bicyclic) bond motifs is 3. The molecule has 7 nitrogen and oxygen atoms in total. The summed E-state index contributed by atoms with van der Waals surface area (Å²) in [5.41, 5.74) is 4.21. The number of hydrogen-bond donors (Lipinski definition) is 2. The Labute approximate surface area is 186 Å². The summed E-state index contributed by atoms with van der Waals surface area (Å²) < 4.78 is 17.1. The molecule has 0 aliphatic carbocycles. The maximum absolute atomic E-state index is 10.5. The molecule has 2 heterocycles. The molecule has 5 rings (SSSR count). The third kappa shape index (κ3) is 3.17. The van der Waals surface area contributed by atoms with Gasteiger partial charge in [0.25, 0.3) is 0 Å². The van der Waals surface area contributed by atoms with E-state index in [4.69, 9.17) is 19.3 Å². The predicted molar refractivity (Wildman–Crippen MR) is 120 cm³/mol. The van der Waals surface area contributed by atoms with Gasteiger partial charge in [0.1, 0.15) is 5.75 Å². The molecule has 0 saturated heterocycles. The van der Waals surface area contributed by atoms with E-state index in [0.29, 0.717) is 29.2 Å². The lowest BCUT2D eigenvalue weighted by Crippen LogP contribution is -2.33. The Morgan fingerprint density at radius 2 is 1.78 bits per heavy atom. The summed E-state index contributed by atoms with van der Waals surface area (Å²) >= 11 is 0. The van der Waals surface area contributed by atoms with Crippen molar-refractivity contribution in [3.63, 3.8) is 0 Å². The highest BCUT2D eigenvalue weighted by Crippen LogP contribution is 2.51. The molecule has 3 aromatic rings. The molecular formula is C25H24N2O5. The second-order valence-electron chi connectivity index (χ2n) is 7.95. The number of hydrogen-bond acceptors (Lipinski definition) is 7. The van der Waals surface area contributed by atoms with Crippen molar-refractivity contribution in [1.29, 1.82) is 0 Å². The van der Waals surface area contributed by atoms with Gasteiger partial charge in [-0.1, -0.05) is 23.8 Å². The van der Waals surface area contributed by atoms with Crippen LogP contribution in [-0.2, 0) is 0 Å². The molecule has 3 aromatic carbocycles. The molecule has 7 heteroatoms. The summed E-state index contributed by atoms with van der Waals surface area (Å²) in [6.45, 7) is 1.98. The molecule has 2 aliphatic rings. The summed E-state index contributed by atoms with van der Waals surface area (Å²) in [6, 6.07) is 16.4. The highest BCUT2D eigenvalue weighted by atomic mass is 16.5. The van der Waals surface area contributed by atoms with Crippen molar-refractivity contribution in [2.24, 2.45) is 5.10 Å². The summed E-state index contributed by atoms with van der Waals surface area (Å²) in [5, 5.41) is 27.6. The van der Waals surface area contributed by atoms with Gasteiger partial charge in [0.15, 0.2) is 23.0 Å². The van der Waals surface area contributed by atoms with Crippen molar-refractivity contribution in [1.82, 2.24) is 5.01 Å². The highest BCUT2D eigenvalue weighted by Gasteiger charge is 2.42. The Balaban J connectivity index is 1.64. The van der Waals surface area contributed by atoms with Crippen molar-refractivity contribution in [3.8, 4) is 28.7 Å². The molecule has 0 aromatic heterocycles. The van der Waals surface area contributed by atoms with Gasteiger partial charge in [-0.25, -0.2) is 5.01 Å². The van der Waals surface area contributed by atoms with Crippen molar-refractivity contribution in [2.75, 3.05) is 14.2 Å². The number of phenolic OH excluding ortho intramolecular Hbond substituents is 2. The fourth-order valence-electron chi connectivity index (χ4n) is 4.37. The summed E-state index contributed by atoms with van der Waals surface area (Å²) in [7, 11) is 3.12. The molecule has 0 unspecified atom stereocenters. The Bertz CT molecular complexity index is 1220. The summed E-state index contributed by atoms with van der Waals surface area (Å²) in [6.07, 6.45) is 0.00387. The van der Waals surface area contributed by atoms with Crippen LogP contribution in [0.1, 0.15) is 40.9 Å². The highest BCUT2D eigenvalue weighted by molar-refractivity contribution is 6.04. The average Bonchev–Trinajstić information content (AvgIpc) is 3.25. The van der Waals surface area contributed by atoms with Crippen LogP contribution in [0.4, 0.5) is 0 Å². The normalized spacial score (nSPS) is 19.0. The largest absolute Gasteiger partial charge is 0.507 e. The molecule has 0 amide bonds. The van der Waals surface area contributed by atoms with E-state index in [-0.39, 0.29) is 17.5 Å². The van der Waals surface area contributed by atoms with Gasteiger partial charge < -0.3 is 24.4 Å². The van der Waals surface area contributed by atoms with Crippen LogP contribution >= 0.6 is 0 Å². The molecule has 2 N–H and O–H groups in total. The molecule has 0 spiro atoms. The number of hydrazone groups is 1. The fraction of sp³-hybridized carbons (Fsp3) is 0.240. The number of ether oxygens (including phenoxy) is 3. The summed E-state index contributed by atoms with van der Waals surface area (Å²) in [5.74, 6) is 1.89. The zero-order valence-corrected chi connectivity index (χ0v) is 18.1. The van der Waals surface area contributed by atoms with Gasteiger partial charge in [0.2, 0.25) is 6.23 Å². The number of aryl methyl sites for hydroxylation is 1. The summed E-state index contributed by atoms with van der Waals surface area (Å²) in [4.78, 5) is 0. The van der Waals surface area contributed by atoms with E-state index in [2.05, 4.69) is 0 Å². The minimum Gasteiger partial charge on any atom is -0.507 e. The van der Waals surface area contributed by atoms with E-state index < -0.39 is 6.23 Å². The first kappa shape index (κ1) is 20.1. The maximum Gasteiger partial charge on any atom is 0.214 e. The van der Waals surface area contributed by atoms with E-state index >= 15 is 0 Å². The van der Waals surface area contributed by atoms with Crippen molar-refractivity contribution < 1.29 is 24.4 Å². The van der Waals surface area contributed by atoms with Gasteiger partial charge in [-0.05, 0) is 43.3 Å². The Hall–Kier alpha value is -3.87. The lowest BCUT2D eigenvalue weighted by atomic mass is 9.94. The number of nitrogens with zero attached hydrogens (tertiary/aromatic N) is 2. The van der Waals surface area contributed by atoms with Crippen LogP contribution in [0, 0.1) is 6.92 Å². The molecule has 0 saturated carbocycles. The molecule has 0 bridgehead atoms.